The second-order valence-corrected chi connectivity index (χ2v) is 5.29. The SMILES string of the molecule is CCc1ccccc1NC(=O)C1=C(O)C2C=CC=CC2=NC1=O. The number of nitrogens with zero attached hydrogens (tertiary/aromatic N) is 1. The molecule has 1 aliphatic heterocycles. The number of benzene rings is 1. The van der Waals surface area contributed by atoms with Gasteiger partial charge in [-0.25, -0.2) is 4.99 Å². The van der Waals surface area contributed by atoms with Crippen LogP contribution in [0.25, 0.3) is 0 Å². The van der Waals surface area contributed by atoms with Crippen molar-refractivity contribution in [2.75, 3.05) is 5.32 Å². The molecule has 116 valence electrons. The van der Waals surface area contributed by atoms with Gasteiger partial charge >= 0.3 is 0 Å². The molecule has 5 nitrogen and oxygen atoms in total. The van der Waals surface area contributed by atoms with Gasteiger partial charge in [0.05, 0.1) is 11.6 Å². The molecule has 5 heteroatoms. The fraction of sp³-hybridized carbons (Fsp3) is 0.167. The molecule has 3 rings (SSSR count). The molecule has 0 radical (unpaired) electrons. The molecule has 1 atom stereocenters. The number of nitrogens with one attached hydrogen (secondary N) is 1. The Balaban J connectivity index is 1.91. The van der Waals surface area contributed by atoms with Crippen LogP contribution in [0.3, 0.4) is 0 Å². The van der Waals surface area contributed by atoms with E-state index in [-0.39, 0.29) is 11.3 Å². The highest BCUT2D eigenvalue weighted by molar-refractivity contribution is 6.28. The van der Waals surface area contributed by atoms with E-state index in [1.54, 1.807) is 36.4 Å². The summed E-state index contributed by atoms with van der Waals surface area (Å²) in [5, 5.41) is 13.0. The number of hydrogen-bond donors (Lipinski definition) is 2. The van der Waals surface area contributed by atoms with Crippen molar-refractivity contribution in [3.8, 4) is 0 Å². The van der Waals surface area contributed by atoms with Crippen LogP contribution >= 0.6 is 0 Å². The number of para-hydroxylation sites is 1. The van der Waals surface area contributed by atoms with Crippen molar-refractivity contribution in [3.05, 3.63) is 65.5 Å². The normalized spacial score (nSPS) is 19.4. The maximum atomic E-state index is 12.5. The molecule has 2 amide bonds. The number of carbonyl (C=O) groups excluding carboxylic acids is 2. The van der Waals surface area contributed by atoms with Gasteiger partial charge in [0, 0.05) is 5.69 Å². The highest BCUT2D eigenvalue weighted by atomic mass is 16.3. The zero-order chi connectivity index (χ0) is 16.4. The fourth-order valence-corrected chi connectivity index (χ4v) is 2.66. The summed E-state index contributed by atoms with van der Waals surface area (Å²) >= 11 is 0. The predicted molar refractivity (Wildman–Crippen MR) is 88.3 cm³/mol. The van der Waals surface area contributed by atoms with Gasteiger partial charge in [-0.1, -0.05) is 43.4 Å². The number of aryl methyl sites for hydroxylation is 1. The average Bonchev–Trinajstić information content (AvgIpc) is 2.55. The van der Waals surface area contributed by atoms with Crippen molar-refractivity contribution < 1.29 is 14.7 Å². The molecule has 1 aromatic rings. The smallest absolute Gasteiger partial charge is 0.286 e. The summed E-state index contributed by atoms with van der Waals surface area (Å²) < 4.78 is 0. The Morgan fingerprint density at radius 2 is 2.09 bits per heavy atom. The third-order valence-electron chi connectivity index (χ3n) is 3.87. The lowest BCUT2D eigenvalue weighted by Gasteiger charge is -2.21. The van der Waals surface area contributed by atoms with Gasteiger partial charge in [0.2, 0.25) is 0 Å². The molecule has 0 spiro atoms. The molecule has 0 saturated heterocycles. The standard InChI is InChI=1S/C18H16N2O3/c1-2-11-7-3-5-9-13(11)19-17(22)15-16(21)12-8-4-6-10-14(12)20-18(15)23/h3-10,12,21H,2H2,1H3,(H,19,22). The Morgan fingerprint density at radius 1 is 1.30 bits per heavy atom. The molecule has 1 unspecified atom stereocenters. The largest absolute Gasteiger partial charge is 0.510 e. The zero-order valence-corrected chi connectivity index (χ0v) is 12.6. The summed E-state index contributed by atoms with van der Waals surface area (Å²) in [5.74, 6) is -2.16. The first-order valence-corrected chi connectivity index (χ1v) is 7.42. The maximum absolute atomic E-state index is 12.5. The Bertz CT molecular complexity index is 800. The molecule has 1 aromatic carbocycles. The van der Waals surface area contributed by atoms with Crippen LogP contribution in [0.4, 0.5) is 5.69 Å². The summed E-state index contributed by atoms with van der Waals surface area (Å²) in [7, 11) is 0. The monoisotopic (exact) mass is 308 g/mol. The molecule has 1 heterocycles. The molecular formula is C18H16N2O3. The first-order chi connectivity index (χ1) is 11.1. The van der Waals surface area contributed by atoms with Crippen LogP contribution in [0.1, 0.15) is 12.5 Å². The van der Waals surface area contributed by atoms with Crippen LogP contribution in [-0.4, -0.2) is 22.6 Å². The van der Waals surface area contributed by atoms with E-state index in [4.69, 9.17) is 0 Å². The van der Waals surface area contributed by atoms with E-state index in [0.717, 1.165) is 12.0 Å². The van der Waals surface area contributed by atoms with Gasteiger partial charge in [0.1, 0.15) is 11.3 Å². The summed E-state index contributed by atoms with van der Waals surface area (Å²) in [6, 6.07) is 7.35. The summed E-state index contributed by atoms with van der Waals surface area (Å²) in [5.41, 5.74) is 1.72. The van der Waals surface area contributed by atoms with Crippen molar-refractivity contribution in [3.63, 3.8) is 0 Å². The number of rotatable bonds is 3. The topological polar surface area (TPSA) is 78.8 Å². The number of amides is 2. The molecule has 0 aromatic heterocycles. The average molecular weight is 308 g/mol. The van der Waals surface area contributed by atoms with E-state index in [1.165, 1.54) is 0 Å². The van der Waals surface area contributed by atoms with E-state index in [9.17, 15) is 14.7 Å². The minimum atomic E-state index is -0.722. The van der Waals surface area contributed by atoms with Gasteiger partial charge in [0.15, 0.2) is 0 Å². The fourth-order valence-electron chi connectivity index (χ4n) is 2.66. The van der Waals surface area contributed by atoms with Crippen LogP contribution in [0, 0.1) is 5.92 Å². The lowest BCUT2D eigenvalue weighted by molar-refractivity contribution is -0.119. The lowest BCUT2D eigenvalue weighted by atomic mass is 9.90. The number of aliphatic hydroxyl groups is 1. The van der Waals surface area contributed by atoms with Crippen LogP contribution in [-0.2, 0) is 16.0 Å². The van der Waals surface area contributed by atoms with Gasteiger partial charge in [-0.15, -0.1) is 0 Å². The third-order valence-corrected chi connectivity index (χ3v) is 3.87. The minimum Gasteiger partial charge on any atom is -0.510 e. The third kappa shape index (κ3) is 2.73. The number of carbonyl (C=O) groups is 2. The Kier molecular flexibility index (Phi) is 3.93. The van der Waals surface area contributed by atoms with Gasteiger partial charge in [0.25, 0.3) is 11.8 Å². The van der Waals surface area contributed by atoms with Gasteiger partial charge in [-0.05, 0) is 24.1 Å². The number of hydrogen-bond acceptors (Lipinski definition) is 3. The van der Waals surface area contributed by atoms with E-state index < -0.39 is 17.7 Å². The van der Waals surface area contributed by atoms with Crippen LogP contribution in [0.15, 0.2) is 64.9 Å². The summed E-state index contributed by atoms with van der Waals surface area (Å²) in [6.45, 7) is 1.98. The molecule has 2 aliphatic rings. The number of fused-ring (bicyclic) bond motifs is 1. The summed E-state index contributed by atoms with van der Waals surface area (Å²) in [4.78, 5) is 28.5. The predicted octanol–water partition coefficient (Wildman–Crippen LogP) is 2.72. The Morgan fingerprint density at radius 3 is 2.87 bits per heavy atom. The number of aliphatic hydroxyl groups excluding tert-OH is 1. The first kappa shape index (κ1) is 15.0. The summed E-state index contributed by atoms with van der Waals surface area (Å²) in [6.07, 6.45) is 7.58. The molecule has 2 N–H and O–H groups in total. The highest BCUT2D eigenvalue weighted by Gasteiger charge is 2.34. The van der Waals surface area contributed by atoms with Gasteiger partial charge in [-0.3, -0.25) is 9.59 Å². The van der Waals surface area contributed by atoms with Crippen LogP contribution in [0.5, 0.6) is 0 Å². The number of aliphatic imine (C=N–C) groups is 1. The van der Waals surface area contributed by atoms with E-state index in [1.807, 2.05) is 19.1 Å². The first-order valence-electron chi connectivity index (χ1n) is 7.42. The zero-order valence-electron chi connectivity index (χ0n) is 12.6. The lowest BCUT2D eigenvalue weighted by Crippen LogP contribution is -2.30. The number of anilines is 1. The van der Waals surface area contributed by atoms with E-state index >= 15 is 0 Å². The van der Waals surface area contributed by atoms with Crippen molar-refractivity contribution >= 4 is 23.2 Å². The van der Waals surface area contributed by atoms with Gasteiger partial charge in [-0.2, -0.15) is 0 Å². The van der Waals surface area contributed by atoms with Gasteiger partial charge < -0.3 is 10.4 Å². The van der Waals surface area contributed by atoms with Crippen molar-refractivity contribution in [1.29, 1.82) is 0 Å². The van der Waals surface area contributed by atoms with Crippen molar-refractivity contribution in [2.45, 2.75) is 13.3 Å². The molecule has 0 bridgehead atoms. The van der Waals surface area contributed by atoms with E-state index in [2.05, 4.69) is 10.3 Å². The molecule has 0 fully saturated rings. The van der Waals surface area contributed by atoms with Crippen molar-refractivity contribution in [1.82, 2.24) is 0 Å². The van der Waals surface area contributed by atoms with Crippen LogP contribution in [0.2, 0.25) is 0 Å². The quantitative estimate of drug-likeness (QED) is 0.843. The van der Waals surface area contributed by atoms with Crippen LogP contribution < -0.4 is 5.32 Å². The molecule has 0 saturated carbocycles. The highest BCUT2D eigenvalue weighted by Crippen LogP contribution is 2.27. The molecule has 23 heavy (non-hydrogen) atoms. The van der Waals surface area contributed by atoms with E-state index in [0.29, 0.717) is 11.4 Å². The maximum Gasteiger partial charge on any atom is 0.286 e. The Hall–Kier alpha value is -2.95. The number of allylic oxidation sites excluding steroid dienone is 4. The molecular weight excluding hydrogens is 292 g/mol. The minimum absolute atomic E-state index is 0.257. The van der Waals surface area contributed by atoms with Crippen molar-refractivity contribution in [2.24, 2.45) is 10.9 Å². The Labute approximate surface area is 133 Å². The number of dihydropyridines is 1. The second-order valence-electron chi connectivity index (χ2n) is 5.29. The second kappa shape index (κ2) is 6.04. The molecule has 1 aliphatic carbocycles.